The Balaban J connectivity index is 1.94. The molecule has 6 heteroatoms. The molecule has 1 unspecified atom stereocenters. The van der Waals surface area contributed by atoms with Gasteiger partial charge in [0.15, 0.2) is 5.82 Å². The Morgan fingerprint density at radius 1 is 1.14 bits per heavy atom. The second-order valence-electron chi connectivity index (χ2n) is 5.26. The molecule has 112 valence electrons. The van der Waals surface area contributed by atoms with Crippen LogP contribution in [0.25, 0.3) is 0 Å². The number of benzene rings is 1. The highest BCUT2D eigenvalue weighted by Crippen LogP contribution is 2.14. The molecule has 0 spiro atoms. The van der Waals surface area contributed by atoms with Crippen molar-refractivity contribution < 1.29 is 4.79 Å². The third-order valence-corrected chi connectivity index (χ3v) is 3.07. The maximum atomic E-state index is 11.9. The quantitative estimate of drug-likeness (QED) is 0.807. The van der Waals surface area contributed by atoms with Crippen molar-refractivity contribution in [3.63, 3.8) is 0 Å². The molecule has 0 fully saturated rings. The summed E-state index contributed by atoms with van der Waals surface area (Å²) >= 11 is 0. The van der Waals surface area contributed by atoms with Crippen LogP contribution >= 0.6 is 0 Å². The van der Waals surface area contributed by atoms with Crippen LogP contribution in [0.15, 0.2) is 36.5 Å². The summed E-state index contributed by atoms with van der Waals surface area (Å²) in [4.78, 5) is 11.9. The molecule has 4 N–H and O–H groups in total. The van der Waals surface area contributed by atoms with E-state index in [1.165, 1.54) is 0 Å². The summed E-state index contributed by atoms with van der Waals surface area (Å²) in [6, 6.07) is 9.12. The molecule has 1 atom stereocenters. The molecule has 0 aliphatic carbocycles. The van der Waals surface area contributed by atoms with Gasteiger partial charge in [-0.25, -0.2) is 4.79 Å². The number of hydrogen-bond donors (Lipinski definition) is 3. The predicted octanol–water partition coefficient (Wildman–Crippen LogP) is 3.13. The van der Waals surface area contributed by atoms with E-state index in [1.807, 2.05) is 51.2 Å². The molecule has 0 bridgehead atoms. The first-order valence-corrected chi connectivity index (χ1v) is 6.94. The Labute approximate surface area is 124 Å². The molecule has 2 aromatic rings. The van der Waals surface area contributed by atoms with Gasteiger partial charge in [-0.3, -0.25) is 10.00 Å². The number of anilines is 2. The van der Waals surface area contributed by atoms with E-state index >= 15 is 0 Å². The normalized spacial score (nSPS) is 12.2. The van der Waals surface area contributed by atoms with Crippen LogP contribution < -0.4 is 16.4 Å². The molecule has 6 nitrogen and oxygen atoms in total. The lowest BCUT2D eigenvalue weighted by Gasteiger charge is -2.09. The summed E-state index contributed by atoms with van der Waals surface area (Å²) in [6.07, 6.45) is 1.83. The van der Waals surface area contributed by atoms with Crippen LogP contribution in [0.2, 0.25) is 0 Å². The maximum absolute atomic E-state index is 11.9. The zero-order valence-electron chi connectivity index (χ0n) is 12.5. The summed E-state index contributed by atoms with van der Waals surface area (Å²) in [6.45, 7) is 5.97. The van der Waals surface area contributed by atoms with Crippen molar-refractivity contribution in [2.45, 2.75) is 32.9 Å². The Morgan fingerprint density at radius 3 is 2.33 bits per heavy atom. The van der Waals surface area contributed by atoms with Crippen molar-refractivity contribution in [1.82, 2.24) is 9.78 Å². The summed E-state index contributed by atoms with van der Waals surface area (Å²) in [5, 5.41) is 9.71. The zero-order valence-corrected chi connectivity index (χ0v) is 12.5. The number of amides is 2. The fraction of sp³-hybridized carbons (Fsp3) is 0.333. The smallest absolute Gasteiger partial charge is 0.324 e. The molecular formula is C15H21N5O. The van der Waals surface area contributed by atoms with Gasteiger partial charge in [0.25, 0.3) is 0 Å². The van der Waals surface area contributed by atoms with E-state index in [0.717, 1.165) is 5.56 Å². The van der Waals surface area contributed by atoms with Crippen LogP contribution in [0.4, 0.5) is 16.3 Å². The number of urea groups is 1. The molecule has 0 saturated heterocycles. The van der Waals surface area contributed by atoms with Crippen molar-refractivity contribution >= 4 is 17.5 Å². The minimum atomic E-state index is -0.322. The van der Waals surface area contributed by atoms with Gasteiger partial charge in [0, 0.05) is 30.0 Å². The standard InChI is InChI=1S/C15H21N5O/c1-10(2)20-9-8-14(19-20)18-15(21)17-13-6-4-12(5-7-13)11(3)16/h4-11H,16H2,1-3H3,(H2,17,18,19,21). The molecule has 2 amide bonds. The van der Waals surface area contributed by atoms with Gasteiger partial charge in [0.1, 0.15) is 0 Å². The number of carbonyl (C=O) groups is 1. The van der Waals surface area contributed by atoms with Crippen molar-refractivity contribution in [3.8, 4) is 0 Å². The third-order valence-electron chi connectivity index (χ3n) is 3.07. The lowest BCUT2D eigenvalue weighted by atomic mass is 10.1. The van der Waals surface area contributed by atoms with E-state index in [2.05, 4.69) is 15.7 Å². The minimum absolute atomic E-state index is 0.0205. The number of rotatable bonds is 4. The summed E-state index contributed by atoms with van der Waals surface area (Å²) in [7, 11) is 0. The van der Waals surface area contributed by atoms with Gasteiger partial charge in [-0.05, 0) is 38.5 Å². The lowest BCUT2D eigenvalue weighted by molar-refractivity contribution is 0.262. The zero-order chi connectivity index (χ0) is 15.4. The highest BCUT2D eigenvalue weighted by atomic mass is 16.2. The number of aromatic nitrogens is 2. The molecule has 2 rings (SSSR count). The fourth-order valence-corrected chi connectivity index (χ4v) is 1.84. The minimum Gasteiger partial charge on any atom is -0.324 e. The Hall–Kier alpha value is -2.34. The summed E-state index contributed by atoms with van der Waals surface area (Å²) in [5.74, 6) is 0.522. The second kappa shape index (κ2) is 6.41. The second-order valence-corrected chi connectivity index (χ2v) is 5.26. The first-order chi connectivity index (χ1) is 9.95. The van der Waals surface area contributed by atoms with Crippen LogP contribution in [-0.4, -0.2) is 15.8 Å². The number of carbonyl (C=O) groups excluding carboxylic acids is 1. The van der Waals surface area contributed by atoms with E-state index in [4.69, 9.17) is 5.73 Å². The largest absolute Gasteiger partial charge is 0.324 e. The number of nitrogens with one attached hydrogen (secondary N) is 2. The van der Waals surface area contributed by atoms with E-state index in [1.54, 1.807) is 10.7 Å². The molecule has 1 heterocycles. The molecule has 1 aromatic heterocycles. The molecular weight excluding hydrogens is 266 g/mol. The van der Waals surface area contributed by atoms with Crippen LogP contribution in [0.1, 0.15) is 38.4 Å². The van der Waals surface area contributed by atoms with Gasteiger partial charge in [-0.1, -0.05) is 12.1 Å². The number of nitrogens with zero attached hydrogens (tertiary/aromatic N) is 2. The van der Waals surface area contributed by atoms with Gasteiger partial charge in [0.2, 0.25) is 0 Å². The van der Waals surface area contributed by atoms with E-state index in [0.29, 0.717) is 11.5 Å². The molecule has 0 aliphatic rings. The van der Waals surface area contributed by atoms with Crippen LogP contribution in [0.5, 0.6) is 0 Å². The molecule has 1 aromatic carbocycles. The van der Waals surface area contributed by atoms with Crippen molar-refractivity contribution in [2.24, 2.45) is 5.73 Å². The lowest BCUT2D eigenvalue weighted by Crippen LogP contribution is -2.20. The predicted molar refractivity (Wildman–Crippen MR) is 84.3 cm³/mol. The summed E-state index contributed by atoms with van der Waals surface area (Å²) in [5.41, 5.74) is 7.52. The monoisotopic (exact) mass is 287 g/mol. The highest BCUT2D eigenvalue weighted by molar-refractivity contribution is 5.99. The molecule has 0 radical (unpaired) electrons. The van der Waals surface area contributed by atoms with Crippen LogP contribution in [0.3, 0.4) is 0 Å². The Kier molecular flexibility index (Phi) is 4.59. The van der Waals surface area contributed by atoms with Gasteiger partial charge in [0.05, 0.1) is 0 Å². The van der Waals surface area contributed by atoms with E-state index in [9.17, 15) is 4.79 Å². The van der Waals surface area contributed by atoms with Gasteiger partial charge in [-0.2, -0.15) is 5.10 Å². The molecule has 21 heavy (non-hydrogen) atoms. The van der Waals surface area contributed by atoms with Crippen LogP contribution in [0, 0.1) is 0 Å². The fourth-order valence-electron chi connectivity index (χ4n) is 1.84. The van der Waals surface area contributed by atoms with E-state index < -0.39 is 0 Å². The van der Waals surface area contributed by atoms with Crippen molar-refractivity contribution in [1.29, 1.82) is 0 Å². The first kappa shape index (κ1) is 15.1. The highest BCUT2D eigenvalue weighted by Gasteiger charge is 2.07. The average molecular weight is 287 g/mol. The van der Waals surface area contributed by atoms with Gasteiger partial charge < -0.3 is 11.1 Å². The topological polar surface area (TPSA) is 85.0 Å². The Morgan fingerprint density at radius 2 is 1.81 bits per heavy atom. The SMILES string of the molecule is CC(N)c1ccc(NC(=O)Nc2ccn(C(C)C)n2)cc1. The molecule has 0 aliphatic heterocycles. The summed E-state index contributed by atoms with van der Waals surface area (Å²) < 4.78 is 1.78. The number of nitrogens with two attached hydrogens (primary N) is 1. The van der Waals surface area contributed by atoms with Crippen molar-refractivity contribution in [3.05, 3.63) is 42.1 Å². The first-order valence-electron chi connectivity index (χ1n) is 6.94. The van der Waals surface area contributed by atoms with E-state index in [-0.39, 0.29) is 18.1 Å². The average Bonchev–Trinajstić information content (AvgIpc) is 2.87. The van der Waals surface area contributed by atoms with Crippen molar-refractivity contribution in [2.75, 3.05) is 10.6 Å². The number of hydrogen-bond acceptors (Lipinski definition) is 3. The van der Waals surface area contributed by atoms with Gasteiger partial charge in [-0.15, -0.1) is 0 Å². The molecule has 0 saturated carbocycles. The van der Waals surface area contributed by atoms with Crippen LogP contribution in [-0.2, 0) is 0 Å². The Bertz CT molecular complexity index is 601. The third kappa shape index (κ3) is 4.06. The maximum Gasteiger partial charge on any atom is 0.324 e. The van der Waals surface area contributed by atoms with Gasteiger partial charge >= 0.3 is 6.03 Å².